The lowest BCUT2D eigenvalue weighted by molar-refractivity contribution is 0.0988. The summed E-state index contributed by atoms with van der Waals surface area (Å²) in [6.45, 7) is 8.10. The number of hydrogen-bond acceptors (Lipinski definition) is 6. The fourth-order valence-corrected chi connectivity index (χ4v) is 5.43. The van der Waals surface area contributed by atoms with Gasteiger partial charge in [0.05, 0.1) is 30.5 Å². The van der Waals surface area contributed by atoms with Gasteiger partial charge in [-0.1, -0.05) is 0 Å². The SMILES string of the molecule is Cc1nc(N2CC3CC2CO3)cc(-n2ncc3cc(C)c(C4CCNCC4)cc32)n1. The second-order valence-corrected chi connectivity index (χ2v) is 8.98. The van der Waals surface area contributed by atoms with Crippen molar-refractivity contribution in [1.29, 1.82) is 0 Å². The monoisotopic (exact) mass is 404 g/mol. The van der Waals surface area contributed by atoms with Crippen molar-refractivity contribution < 1.29 is 4.74 Å². The van der Waals surface area contributed by atoms with E-state index in [0.29, 0.717) is 18.1 Å². The molecule has 7 heteroatoms. The minimum Gasteiger partial charge on any atom is -0.374 e. The lowest BCUT2D eigenvalue weighted by Crippen LogP contribution is -2.37. The van der Waals surface area contributed by atoms with Gasteiger partial charge >= 0.3 is 0 Å². The summed E-state index contributed by atoms with van der Waals surface area (Å²) >= 11 is 0. The van der Waals surface area contributed by atoms with Gasteiger partial charge in [-0.25, -0.2) is 14.6 Å². The van der Waals surface area contributed by atoms with Gasteiger partial charge in [-0.3, -0.25) is 0 Å². The van der Waals surface area contributed by atoms with E-state index in [0.717, 1.165) is 61.0 Å². The Hall–Kier alpha value is -2.51. The maximum absolute atomic E-state index is 5.77. The van der Waals surface area contributed by atoms with Crippen LogP contribution in [-0.2, 0) is 4.74 Å². The maximum atomic E-state index is 5.77. The minimum absolute atomic E-state index is 0.342. The standard InChI is InChI=1S/C23H28N6O/c1-14-7-17-11-25-29(21(17)9-20(14)16-3-5-24-6-4-16)23-10-22(26-15(2)27-23)28-12-19-8-18(28)13-30-19/h7,9-11,16,18-19,24H,3-6,8,12-13H2,1-2H3. The van der Waals surface area contributed by atoms with Gasteiger partial charge in [0.2, 0.25) is 0 Å². The number of benzene rings is 1. The van der Waals surface area contributed by atoms with Crippen LogP contribution in [0.4, 0.5) is 5.82 Å². The number of hydrogen-bond donors (Lipinski definition) is 1. The van der Waals surface area contributed by atoms with Crippen molar-refractivity contribution in [3.63, 3.8) is 0 Å². The van der Waals surface area contributed by atoms with Crippen LogP contribution in [0.1, 0.15) is 42.1 Å². The zero-order valence-corrected chi connectivity index (χ0v) is 17.6. The lowest BCUT2D eigenvalue weighted by atomic mass is 9.87. The average molecular weight is 405 g/mol. The third-order valence-corrected chi connectivity index (χ3v) is 6.96. The molecule has 0 spiro atoms. The maximum Gasteiger partial charge on any atom is 0.159 e. The number of aromatic nitrogens is 4. The van der Waals surface area contributed by atoms with Crippen molar-refractivity contribution in [1.82, 2.24) is 25.1 Å². The van der Waals surface area contributed by atoms with E-state index >= 15 is 0 Å². The molecule has 1 aromatic carbocycles. The van der Waals surface area contributed by atoms with Crippen molar-refractivity contribution in [2.45, 2.75) is 51.2 Å². The molecular weight excluding hydrogens is 376 g/mol. The van der Waals surface area contributed by atoms with E-state index < -0.39 is 0 Å². The number of piperidine rings is 1. The molecule has 156 valence electrons. The quantitative estimate of drug-likeness (QED) is 0.724. The van der Waals surface area contributed by atoms with Crippen LogP contribution in [0.25, 0.3) is 16.7 Å². The number of morpholine rings is 1. The third-order valence-electron chi connectivity index (χ3n) is 6.96. The number of nitrogens with one attached hydrogen (secondary N) is 1. The van der Waals surface area contributed by atoms with Gasteiger partial charge in [0.1, 0.15) is 11.6 Å². The van der Waals surface area contributed by atoms with Gasteiger partial charge in [-0.15, -0.1) is 0 Å². The molecule has 0 radical (unpaired) electrons. The molecular formula is C23H28N6O. The molecule has 6 rings (SSSR count). The summed E-state index contributed by atoms with van der Waals surface area (Å²) in [6, 6.07) is 7.14. The second-order valence-electron chi connectivity index (χ2n) is 8.98. The number of nitrogens with zero attached hydrogens (tertiary/aromatic N) is 5. The molecule has 2 bridgehead atoms. The fourth-order valence-electron chi connectivity index (χ4n) is 5.43. The first-order valence-electron chi connectivity index (χ1n) is 11.1. The van der Waals surface area contributed by atoms with Crippen LogP contribution in [-0.4, -0.2) is 58.1 Å². The number of aryl methyl sites for hydroxylation is 2. The van der Waals surface area contributed by atoms with Crippen molar-refractivity contribution in [2.75, 3.05) is 31.1 Å². The molecule has 3 aliphatic heterocycles. The first-order valence-corrected chi connectivity index (χ1v) is 11.1. The molecule has 30 heavy (non-hydrogen) atoms. The van der Waals surface area contributed by atoms with Crippen LogP contribution >= 0.6 is 0 Å². The van der Waals surface area contributed by atoms with Gasteiger partial charge in [-0.2, -0.15) is 5.10 Å². The van der Waals surface area contributed by atoms with Gasteiger partial charge < -0.3 is 15.0 Å². The highest BCUT2D eigenvalue weighted by atomic mass is 16.5. The molecule has 2 atom stereocenters. The summed E-state index contributed by atoms with van der Waals surface area (Å²) in [4.78, 5) is 11.9. The summed E-state index contributed by atoms with van der Waals surface area (Å²) < 4.78 is 7.76. The first kappa shape index (κ1) is 18.3. The Morgan fingerprint density at radius 3 is 2.67 bits per heavy atom. The van der Waals surface area contributed by atoms with Gasteiger partial charge in [0.15, 0.2) is 5.82 Å². The van der Waals surface area contributed by atoms with E-state index in [-0.39, 0.29) is 0 Å². The summed E-state index contributed by atoms with van der Waals surface area (Å²) in [5.41, 5.74) is 3.94. The van der Waals surface area contributed by atoms with E-state index in [4.69, 9.17) is 19.8 Å². The summed E-state index contributed by atoms with van der Waals surface area (Å²) in [6.07, 6.45) is 5.78. The highest BCUT2D eigenvalue weighted by Gasteiger charge is 2.39. The molecule has 3 aromatic rings. The van der Waals surface area contributed by atoms with Crippen LogP contribution in [0, 0.1) is 13.8 Å². The zero-order valence-electron chi connectivity index (χ0n) is 17.6. The number of anilines is 1. The largest absolute Gasteiger partial charge is 0.374 e. The van der Waals surface area contributed by atoms with Crippen molar-refractivity contribution >= 4 is 16.7 Å². The zero-order chi connectivity index (χ0) is 20.2. The van der Waals surface area contributed by atoms with E-state index in [2.05, 4.69) is 35.3 Å². The molecule has 0 aliphatic carbocycles. The fraction of sp³-hybridized carbons (Fsp3) is 0.522. The molecule has 2 unspecified atom stereocenters. The van der Waals surface area contributed by atoms with Crippen LogP contribution < -0.4 is 10.2 Å². The predicted molar refractivity (Wildman–Crippen MR) is 116 cm³/mol. The van der Waals surface area contributed by atoms with E-state index in [1.807, 2.05) is 17.8 Å². The Balaban J connectivity index is 1.42. The minimum atomic E-state index is 0.342. The third kappa shape index (κ3) is 2.99. The molecule has 0 saturated carbocycles. The normalized spacial score (nSPS) is 24.3. The van der Waals surface area contributed by atoms with Crippen molar-refractivity contribution in [3.8, 4) is 5.82 Å². The van der Waals surface area contributed by atoms with Crippen molar-refractivity contribution in [3.05, 3.63) is 41.3 Å². The Labute approximate surface area is 176 Å². The Bertz CT molecular complexity index is 1100. The second kappa shape index (κ2) is 7.03. The molecule has 1 N–H and O–H groups in total. The number of rotatable bonds is 3. The molecule has 3 aliphatic rings. The van der Waals surface area contributed by atoms with Crippen LogP contribution in [0.3, 0.4) is 0 Å². The van der Waals surface area contributed by atoms with E-state index in [1.54, 1.807) is 0 Å². The molecule has 0 amide bonds. The van der Waals surface area contributed by atoms with Crippen LogP contribution in [0.15, 0.2) is 24.4 Å². The Kier molecular flexibility index (Phi) is 4.28. The van der Waals surface area contributed by atoms with Crippen LogP contribution in [0.2, 0.25) is 0 Å². The van der Waals surface area contributed by atoms with Gasteiger partial charge in [-0.05, 0) is 75.4 Å². The van der Waals surface area contributed by atoms with Crippen LogP contribution in [0.5, 0.6) is 0 Å². The summed E-state index contributed by atoms with van der Waals surface area (Å²) in [5, 5.41) is 9.36. The predicted octanol–water partition coefficient (Wildman–Crippen LogP) is 2.88. The van der Waals surface area contributed by atoms with Gasteiger partial charge in [0, 0.05) is 18.0 Å². The molecule has 3 fully saturated rings. The van der Waals surface area contributed by atoms with E-state index in [9.17, 15) is 0 Å². The van der Waals surface area contributed by atoms with Crippen molar-refractivity contribution in [2.24, 2.45) is 0 Å². The number of ether oxygens (including phenoxy) is 1. The first-order chi connectivity index (χ1) is 14.7. The highest BCUT2D eigenvalue weighted by Crippen LogP contribution is 2.34. The van der Waals surface area contributed by atoms with Gasteiger partial charge in [0.25, 0.3) is 0 Å². The Morgan fingerprint density at radius 2 is 1.90 bits per heavy atom. The molecule has 5 heterocycles. The average Bonchev–Trinajstić information content (AvgIpc) is 3.49. The molecule has 3 saturated heterocycles. The summed E-state index contributed by atoms with van der Waals surface area (Å²) in [5.74, 6) is 3.22. The Morgan fingerprint density at radius 1 is 1.07 bits per heavy atom. The topological polar surface area (TPSA) is 68.1 Å². The highest BCUT2D eigenvalue weighted by molar-refractivity contribution is 5.82. The van der Waals surface area contributed by atoms with E-state index in [1.165, 1.54) is 24.0 Å². The molecule has 2 aromatic heterocycles. The number of fused-ring (bicyclic) bond motifs is 3. The molecule has 7 nitrogen and oxygen atoms in total. The summed E-state index contributed by atoms with van der Waals surface area (Å²) in [7, 11) is 0. The smallest absolute Gasteiger partial charge is 0.159 e. The lowest BCUT2D eigenvalue weighted by Gasteiger charge is -2.28.